The molecule has 0 saturated heterocycles. The van der Waals surface area contributed by atoms with Crippen molar-refractivity contribution in [2.75, 3.05) is 5.73 Å². The van der Waals surface area contributed by atoms with Gasteiger partial charge < -0.3 is 5.73 Å². The van der Waals surface area contributed by atoms with Gasteiger partial charge >= 0.3 is 0 Å². The molecule has 3 heteroatoms. The predicted octanol–water partition coefficient (Wildman–Crippen LogP) is 1.58. The molecule has 0 aliphatic heterocycles. The van der Waals surface area contributed by atoms with Crippen molar-refractivity contribution < 1.29 is 0 Å². The third kappa shape index (κ3) is 1.38. The van der Waals surface area contributed by atoms with E-state index in [0.717, 1.165) is 11.0 Å². The molecule has 0 atom stereocenters. The normalized spacial score (nSPS) is 9.50. The van der Waals surface area contributed by atoms with Gasteiger partial charge in [0.1, 0.15) is 0 Å². The minimum Gasteiger partial charge on any atom is -0.381 e. The second kappa shape index (κ2) is 3.35. The summed E-state index contributed by atoms with van der Waals surface area (Å²) < 4.78 is 0. The fourth-order valence-corrected chi connectivity index (χ4v) is 1.22. The Labute approximate surface area is 82.0 Å². The zero-order chi connectivity index (χ0) is 9.97. The molecule has 3 nitrogen and oxygen atoms in total. The Kier molecular flexibility index (Phi) is 2.04. The first-order valence-corrected chi connectivity index (χ1v) is 4.26. The summed E-state index contributed by atoms with van der Waals surface area (Å²) in [5.41, 5.74) is 7.86. The number of anilines is 1. The molecule has 14 heavy (non-hydrogen) atoms. The van der Waals surface area contributed by atoms with Gasteiger partial charge in [-0.25, -0.2) is 9.97 Å². The number of aromatic nitrogens is 2. The average Bonchev–Trinajstić information content (AvgIpc) is 2.19. The van der Waals surface area contributed by atoms with E-state index in [1.165, 1.54) is 0 Å². The quantitative estimate of drug-likeness (QED) is 0.631. The van der Waals surface area contributed by atoms with Crippen LogP contribution in [0.15, 0.2) is 24.3 Å². The Morgan fingerprint density at radius 1 is 1.14 bits per heavy atom. The lowest BCUT2D eigenvalue weighted by Crippen LogP contribution is -1.98. The summed E-state index contributed by atoms with van der Waals surface area (Å²) in [6.07, 6.45) is 0. The highest BCUT2D eigenvalue weighted by Gasteiger charge is 2.01. The van der Waals surface area contributed by atoms with Crippen LogP contribution in [-0.2, 0) is 0 Å². The Balaban J connectivity index is 2.75. The number of hydrogen-bond acceptors (Lipinski definition) is 3. The largest absolute Gasteiger partial charge is 0.381 e. The lowest BCUT2D eigenvalue weighted by atomic mass is 10.3. The molecule has 0 saturated carbocycles. The molecule has 1 aromatic heterocycles. The van der Waals surface area contributed by atoms with Crippen LogP contribution in [0.4, 0.5) is 5.82 Å². The van der Waals surface area contributed by atoms with Crippen LogP contribution in [0, 0.1) is 11.8 Å². The van der Waals surface area contributed by atoms with Gasteiger partial charge in [0.15, 0.2) is 11.5 Å². The fraction of sp³-hybridized carbons (Fsp3) is 0.0909. The van der Waals surface area contributed by atoms with Crippen molar-refractivity contribution in [3.8, 4) is 11.8 Å². The first-order valence-electron chi connectivity index (χ1n) is 4.26. The first kappa shape index (κ1) is 8.52. The van der Waals surface area contributed by atoms with Crippen molar-refractivity contribution in [2.24, 2.45) is 0 Å². The molecule has 68 valence electrons. The van der Waals surface area contributed by atoms with E-state index in [-0.39, 0.29) is 0 Å². The lowest BCUT2D eigenvalue weighted by molar-refractivity contribution is 1.27. The molecule has 0 fully saturated rings. The molecule has 0 spiro atoms. The second-order valence-corrected chi connectivity index (χ2v) is 2.82. The molecule has 1 heterocycles. The molecular formula is C11H9N3. The number of hydrogen-bond donors (Lipinski definition) is 1. The number of rotatable bonds is 0. The number of nitrogens with two attached hydrogens (primary N) is 1. The molecule has 0 unspecified atom stereocenters. The van der Waals surface area contributed by atoms with Gasteiger partial charge in [-0.1, -0.05) is 18.1 Å². The van der Waals surface area contributed by atoms with E-state index in [0.29, 0.717) is 11.5 Å². The minimum absolute atomic E-state index is 0.387. The van der Waals surface area contributed by atoms with E-state index < -0.39 is 0 Å². The summed E-state index contributed by atoms with van der Waals surface area (Å²) in [5.74, 6) is 5.96. The van der Waals surface area contributed by atoms with E-state index in [1.807, 2.05) is 24.3 Å². The third-order valence-corrected chi connectivity index (χ3v) is 1.84. The van der Waals surface area contributed by atoms with E-state index >= 15 is 0 Å². The maximum Gasteiger partial charge on any atom is 0.158 e. The monoisotopic (exact) mass is 183 g/mol. The van der Waals surface area contributed by atoms with Gasteiger partial charge in [0.05, 0.1) is 11.0 Å². The summed E-state index contributed by atoms with van der Waals surface area (Å²) >= 11 is 0. The van der Waals surface area contributed by atoms with Crippen molar-refractivity contribution in [1.29, 1.82) is 0 Å². The Morgan fingerprint density at radius 2 is 1.79 bits per heavy atom. The highest BCUT2D eigenvalue weighted by molar-refractivity contribution is 5.76. The standard InChI is InChI=1S/C11H9N3/c1-2-5-10-11(12)14-9-7-4-3-6-8(9)13-10/h3-4,6-7H,1H3,(H2,12,14). The zero-order valence-corrected chi connectivity index (χ0v) is 7.78. The number of para-hydroxylation sites is 2. The molecule has 0 aliphatic carbocycles. The predicted molar refractivity (Wildman–Crippen MR) is 56.5 cm³/mol. The lowest BCUT2D eigenvalue weighted by Gasteiger charge is -1.99. The summed E-state index contributed by atoms with van der Waals surface area (Å²) in [6, 6.07) is 7.59. The van der Waals surface area contributed by atoms with Crippen molar-refractivity contribution >= 4 is 16.9 Å². The number of nitrogens with zero attached hydrogens (tertiary/aromatic N) is 2. The molecule has 1 aromatic carbocycles. The smallest absolute Gasteiger partial charge is 0.158 e. The molecule has 0 amide bonds. The Morgan fingerprint density at radius 3 is 2.43 bits per heavy atom. The molecule has 0 bridgehead atoms. The van der Waals surface area contributed by atoms with Crippen molar-refractivity contribution in [1.82, 2.24) is 9.97 Å². The van der Waals surface area contributed by atoms with Crippen molar-refractivity contribution in [3.63, 3.8) is 0 Å². The second-order valence-electron chi connectivity index (χ2n) is 2.82. The first-order chi connectivity index (χ1) is 6.81. The molecule has 2 N–H and O–H groups in total. The third-order valence-electron chi connectivity index (χ3n) is 1.84. The van der Waals surface area contributed by atoms with Crippen molar-refractivity contribution in [3.05, 3.63) is 30.0 Å². The highest BCUT2D eigenvalue weighted by Crippen LogP contribution is 2.12. The Bertz CT molecular complexity index is 535. The van der Waals surface area contributed by atoms with Gasteiger partial charge in [-0.15, -0.1) is 0 Å². The van der Waals surface area contributed by atoms with Gasteiger partial charge in [0.25, 0.3) is 0 Å². The van der Waals surface area contributed by atoms with Crippen LogP contribution in [0.5, 0.6) is 0 Å². The van der Waals surface area contributed by atoms with Crippen LogP contribution in [0.1, 0.15) is 12.6 Å². The summed E-state index contributed by atoms with van der Waals surface area (Å²) in [7, 11) is 0. The van der Waals surface area contributed by atoms with Crippen LogP contribution in [0.25, 0.3) is 11.0 Å². The van der Waals surface area contributed by atoms with Crippen molar-refractivity contribution in [2.45, 2.75) is 6.92 Å². The minimum atomic E-state index is 0.387. The van der Waals surface area contributed by atoms with Gasteiger partial charge in [0.2, 0.25) is 0 Å². The van der Waals surface area contributed by atoms with Crippen LogP contribution in [0.2, 0.25) is 0 Å². The summed E-state index contributed by atoms with van der Waals surface area (Å²) in [5, 5.41) is 0. The van der Waals surface area contributed by atoms with Gasteiger partial charge in [-0.2, -0.15) is 0 Å². The van der Waals surface area contributed by atoms with Crippen LogP contribution in [0.3, 0.4) is 0 Å². The summed E-state index contributed by atoms with van der Waals surface area (Å²) in [4.78, 5) is 8.51. The van der Waals surface area contributed by atoms with Crippen LogP contribution in [-0.4, -0.2) is 9.97 Å². The van der Waals surface area contributed by atoms with Crippen LogP contribution < -0.4 is 5.73 Å². The van der Waals surface area contributed by atoms with E-state index in [9.17, 15) is 0 Å². The fourth-order valence-electron chi connectivity index (χ4n) is 1.22. The van der Waals surface area contributed by atoms with E-state index in [4.69, 9.17) is 5.73 Å². The zero-order valence-electron chi connectivity index (χ0n) is 7.78. The maximum absolute atomic E-state index is 5.70. The molecule has 2 rings (SSSR count). The average molecular weight is 183 g/mol. The maximum atomic E-state index is 5.70. The number of benzene rings is 1. The molecular weight excluding hydrogens is 174 g/mol. The Hall–Kier alpha value is -2.08. The molecule has 2 aromatic rings. The highest BCUT2D eigenvalue weighted by atomic mass is 14.9. The number of fused-ring (bicyclic) bond motifs is 1. The van der Waals surface area contributed by atoms with Gasteiger partial charge in [0, 0.05) is 0 Å². The SMILES string of the molecule is CC#Cc1nc2ccccc2nc1N. The van der Waals surface area contributed by atoms with Crippen LogP contribution >= 0.6 is 0 Å². The molecule has 0 radical (unpaired) electrons. The van der Waals surface area contributed by atoms with E-state index in [1.54, 1.807) is 6.92 Å². The van der Waals surface area contributed by atoms with E-state index in [2.05, 4.69) is 21.8 Å². The van der Waals surface area contributed by atoms with Gasteiger partial charge in [-0.05, 0) is 25.0 Å². The number of nitrogen functional groups attached to an aromatic ring is 1. The van der Waals surface area contributed by atoms with Gasteiger partial charge in [-0.3, -0.25) is 0 Å². The topological polar surface area (TPSA) is 51.8 Å². The molecule has 0 aliphatic rings. The summed E-state index contributed by atoms with van der Waals surface area (Å²) in [6.45, 7) is 1.75.